The van der Waals surface area contributed by atoms with E-state index in [2.05, 4.69) is 20.4 Å². The molecule has 1 amide bonds. The van der Waals surface area contributed by atoms with E-state index < -0.39 is 5.60 Å². The van der Waals surface area contributed by atoms with Gasteiger partial charge in [-0.2, -0.15) is 0 Å². The predicted molar refractivity (Wildman–Crippen MR) is 83.7 cm³/mol. The van der Waals surface area contributed by atoms with Crippen LogP contribution in [0.3, 0.4) is 0 Å². The Hall–Kier alpha value is -1.63. The minimum absolute atomic E-state index is 0.342. The number of carbonyl (C=O) groups is 1. The fourth-order valence-electron chi connectivity index (χ4n) is 2.72. The quantitative estimate of drug-likeness (QED) is 0.835. The number of nitrogens with zero attached hydrogens (tertiary/aromatic N) is 4. The van der Waals surface area contributed by atoms with Gasteiger partial charge >= 0.3 is 6.09 Å². The molecule has 1 aliphatic rings. The number of nitrogens with one attached hydrogen (secondary N) is 1. The molecule has 1 saturated heterocycles. The fourth-order valence-corrected chi connectivity index (χ4v) is 2.72. The molecular formula is C15H27N5O2. The molecule has 2 heterocycles. The highest BCUT2D eigenvalue weighted by Gasteiger charge is 2.26. The third-order valence-electron chi connectivity index (χ3n) is 3.70. The van der Waals surface area contributed by atoms with Gasteiger partial charge in [0.2, 0.25) is 0 Å². The molecule has 1 atom stereocenters. The molecule has 1 aromatic rings. The maximum atomic E-state index is 11.5. The Morgan fingerprint density at radius 2 is 2.27 bits per heavy atom. The Balaban J connectivity index is 1.63. The molecule has 124 valence electrons. The van der Waals surface area contributed by atoms with Crippen molar-refractivity contribution in [2.45, 2.75) is 45.1 Å². The standard InChI is InChI=1S/C15H27N5O2/c1-15(2,3)22-14(21)16-7-5-8-20-9-6-12(10-20)13-18-17-11-19(13)4/h11-12H,5-10H2,1-4H3,(H,16,21). The first-order valence-corrected chi connectivity index (χ1v) is 7.88. The van der Waals surface area contributed by atoms with Gasteiger partial charge in [-0.05, 0) is 46.7 Å². The molecule has 0 aromatic carbocycles. The summed E-state index contributed by atoms with van der Waals surface area (Å²) in [7, 11) is 1.99. The van der Waals surface area contributed by atoms with Gasteiger partial charge in [0.05, 0.1) is 0 Å². The second kappa shape index (κ2) is 7.09. The number of likely N-dealkylation sites (tertiary alicyclic amines) is 1. The summed E-state index contributed by atoms with van der Waals surface area (Å²) >= 11 is 0. The summed E-state index contributed by atoms with van der Waals surface area (Å²) in [5.41, 5.74) is -0.442. The minimum Gasteiger partial charge on any atom is -0.444 e. The average molecular weight is 309 g/mol. The smallest absolute Gasteiger partial charge is 0.407 e. The van der Waals surface area contributed by atoms with Crippen LogP contribution in [-0.2, 0) is 11.8 Å². The van der Waals surface area contributed by atoms with Gasteiger partial charge in [0.1, 0.15) is 17.8 Å². The lowest BCUT2D eigenvalue weighted by molar-refractivity contribution is 0.0526. The molecule has 0 radical (unpaired) electrons. The van der Waals surface area contributed by atoms with E-state index in [0.717, 1.165) is 38.3 Å². The lowest BCUT2D eigenvalue weighted by Gasteiger charge is -2.20. The zero-order valence-electron chi connectivity index (χ0n) is 14.0. The molecular weight excluding hydrogens is 282 g/mol. The van der Waals surface area contributed by atoms with Crippen LogP contribution in [0.2, 0.25) is 0 Å². The van der Waals surface area contributed by atoms with Crippen LogP contribution in [0.15, 0.2) is 6.33 Å². The highest BCUT2D eigenvalue weighted by Crippen LogP contribution is 2.24. The van der Waals surface area contributed by atoms with Crippen molar-refractivity contribution < 1.29 is 9.53 Å². The van der Waals surface area contributed by atoms with Crippen LogP contribution in [-0.4, -0.2) is 57.5 Å². The van der Waals surface area contributed by atoms with Crippen LogP contribution in [0.5, 0.6) is 0 Å². The zero-order chi connectivity index (χ0) is 16.2. The number of ether oxygens (including phenoxy) is 1. The van der Waals surface area contributed by atoms with Crippen molar-refractivity contribution in [1.29, 1.82) is 0 Å². The minimum atomic E-state index is -0.442. The zero-order valence-corrected chi connectivity index (χ0v) is 14.0. The third kappa shape index (κ3) is 4.98. The van der Waals surface area contributed by atoms with Gasteiger partial charge in [0.15, 0.2) is 0 Å². The molecule has 22 heavy (non-hydrogen) atoms. The molecule has 0 aliphatic carbocycles. The lowest BCUT2D eigenvalue weighted by atomic mass is 10.1. The van der Waals surface area contributed by atoms with Gasteiger partial charge in [-0.15, -0.1) is 10.2 Å². The van der Waals surface area contributed by atoms with Crippen molar-refractivity contribution >= 4 is 6.09 Å². The molecule has 7 heteroatoms. The maximum Gasteiger partial charge on any atom is 0.407 e. The van der Waals surface area contributed by atoms with E-state index in [0.29, 0.717) is 12.5 Å². The average Bonchev–Trinajstić information content (AvgIpc) is 3.01. The third-order valence-corrected chi connectivity index (χ3v) is 3.70. The Labute approximate surface area is 132 Å². The summed E-state index contributed by atoms with van der Waals surface area (Å²) < 4.78 is 7.21. The van der Waals surface area contributed by atoms with Crippen molar-refractivity contribution in [1.82, 2.24) is 25.0 Å². The molecule has 1 aromatic heterocycles. The molecule has 0 saturated carbocycles. The summed E-state index contributed by atoms with van der Waals surface area (Å²) in [5, 5.41) is 10.9. The second-order valence-corrected chi connectivity index (χ2v) is 6.87. The van der Waals surface area contributed by atoms with Gasteiger partial charge in [-0.3, -0.25) is 0 Å². The van der Waals surface area contributed by atoms with Crippen LogP contribution in [0, 0.1) is 0 Å². The number of hydrogen-bond donors (Lipinski definition) is 1. The predicted octanol–water partition coefficient (Wildman–Crippen LogP) is 1.52. The monoisotopic (exact) mass is 309 g/mol. The number of hydrogen-bond acceptors (Lipinski definition) is 5. The van der Waals surface area contributed by atoms with Crippen LogP contribution in [0.1, 0.15) is 45.4 Å². The van der Waals surface area contributed by atoms with E-state index in [9.17, 15) is 4.79 Å². The Kier molecular flexibility index (Phi) is 5.39. The first-order chi connectivity index (χ1) is 10.3. The van der Waals surface area contributed by atoms with Gasteiger partial charge in [-0.25, -0.2) is 4.79 Å². The summed E-state index contributed by atoms with van der Waals surface area (Å²) in [6.45, 7) is 9.30. The number of alkyl carbamates (subject to hydrolysis) is 1. The molecule has 1 aliphatic heterocycles. The fraction of sp³-hybridized carbons (Fsp3) is 0.800. The second-order valence-electron chi connectivity index (χ2n) is 6.87. The van der Waals surface area contributed by atoms with Crippen LogP contribution < -0.4 is 5.32 Å². The number of rotatable bonds is 5. The van der Waals surface area contributed by atoms with E-state index in [1.165, 1.54) is 0 Å². The van der Waals surface area contributed by atoms with E-state index in [1.54, 1.807) is 6.33 Å². The number of amides is 1. The van der Waals surface area contributed by atoms with Crippen molar-refractivity contribution in [2.24, 2.45) is 7.05 Å². The molecule has 1 unspecified atom stereocenters. The number of aromatic nitrogens is 3. The first kappa shape index (κ1) is 16.7. The van der Waals surface area contributed by atoms with Crippen LogP contribution in [0.4, 0.5) is 4.79 Å². The van der Waals surface area contributed by atoms with Crippen molar-refractivity contribution in [3.8, 4) is 0 Å². The number of aryl methyl sites for hydroxylation is 1. The Morgan fingerprint density at radius 3 is 2.91 bits per heavy atom. The summed E-state index contributed by atoms with van der Waals surface area (Å²) in [6.07, 6.45) is 3.45. The highest BCUT2D eigenvalue weighted by molar-refractivity contribution is 5.67. The lowest BCUT2D eigenvalue weighted by Crippen LogP contribution is -2.34. The summed E-state index contributed by atoms with van der Waals surface area (Å²) in [5.74, 6) is 1.53. The van der Waals surface area contributed by atoms with Crippen molar-refractivity contribution in [3.63, 3.8) is 0 Å². The molecule has 7 nitrogen and oxygen atoms in total. The SMILES string of the molecule is Cn1cnnc1C1CCN(CCCNC(=O)OC(C)(C)C)C1. The highest BCUT2D eigenvalue weighted by atomic mass is 16.6. The maximum absolute atomic E-state index is 11.5. The molecule has 0 bridgehead atoms. The summed E-state index contributed by atoms with van der Waals surface area (Å²) in [4.78, 5) is 13.9. The van der Waals surface area contributed by atoms with E-state index in [4.69, 9.17) is 4.74 Å². The molecule has 2 rings (SSSR count). The van der Waals surface area contributed by atoms with Gasteiger partial charge in [0.25, 0.3) is 0 Å². The number of carbonyl (C=O) groups excluding carboxylic acids is 1. The van der Waals surface area contributed by atoms with E-state index in [1.807, 2.05) is 32.4 Å². The molecule has 0 spiro atoms. The van der Waals surface area contributed by atoms with Crippen LogP contribution >= 0.6 is 0 Å². The van der Waals surface area contributed by atoms with Crippen molar-refractivity contribution in [2.75, 3.05) is 26.2 Å². The van der Waals surface area contributed by atoms with Gasteiger partial charge in [0, 0.05) is 26.1 Å². The first-order valence-electron chi connectivity index (χ1n) is 7.88. The largest absolute Gasteiger partial charge is 0.444 e. The normalized spacial score (nSPS) is 19.4. The molecule has 1 N–H and O–H groups in total. The van der Waals surface area contributed by atoms with Gasteiger partial charge in [-0.1, -0.05) is 0 Å². The van der Waals surface area contributed by atoms with Gasteiger partial charge < -0.3 is 19.5 Å². The van der Waals surface area contributed by atoms with Crippen molar-refractivity contribution in [3.05, 3.63) is 12.2 Å². The molecule has 1 fully saturated rings. The Morgan fingerprint density at radius 1 is 1.50 bits per heavy atom. The topological polar surface area (TPSA) is 72.3 Å². The summed E-state index contributed by atoms with van der Waals surface area (Å²) in [6, 6.07) is 0. The van der Waals surface area contributed by atoms with Crippen LogP contribution in [0.25, 0.3) is 0 Å². The van der Waals surface area contributed by atoms with E-state index in [-0.39, 0.29) is 6.09 Å². The van der Waals surface area contributed by atoms with E-state index >= 15 is 0 Å². The Bertz CT molecular complexity index is 494.